The van der Waals surface area contributed by atoms with Gasteiger partial charge in [-0.2, -0.15) is 0 Å². The Morgan fingerprint density at radius 3 is 2.45 bits per heavy atom. The van der Waals surface area contributed by atoms with Crippen LogP contribution in [0, 0.1) is 17.8 Å². The summed E-state index contributed by atoms with van der Waals surface area (Å²) in [6.07, 6.45) is 3.55. The molecular weight excluding hydrogens is 430 g/mol. The van der Waals surface area contributed by atoms with Crippen LogP contribution in [-0.2, 0) is 28.7 Å². The third-order valence-electron chi connectivity index (χ3n) is 7.17. The number of likely N-dealkylation sites (tertiary alicyclic amines) is 1. The van der Waals surface area contributed by atoms with Gasteiger partial charge in [0.1, 0.15) is 17.7 Å². The first-order valence-electron chi connectivity index (χ1n) is 11.4. The van der Waals surface area contributed by atoms with Crippen LogP contribution in [0.15, 0.2) is 23.6 Å². The van der Waals surface area contributed by atoms with E-state index < -0.39 is 41.5 Å². The number of nitrogens with zero attached hydrogens (tertiary/aromatic N) is 3. The first-order valence-corrected chi connectivity index (χ1v) is 11.4. The maximum atomic E-state index is 13.3. The SMILES string of the molecule is O=COC1=C(N2CCN(CC3CNC3)CC2)C=CC2C(=O)N(C3CCC(=O)NC3=O)C(=O)C12. The number of hydrogen-bond donors (Lipinski definition) is 2. The number of piperazine rings is 1. The summed E-state index contributed by atoms with van der Waals surface area (Å²) in [6, 6.07) is -1.04. The van der Waals surface area contributed by atoms with E-state index in [0.29, 0.717) is 24.7 Å². The van der Waals surface area contributed by atoms with Gasteiger partial charge in [0.25, 0.3) is 6.47 Å². The van der Waals surface area contributed by atoms with Crippen LogP contribution in [-0.4, -0.2) is 96.7 Å². The lowest BCUT2D eigenvalue weighted by molar-refractivity contribution is -0.151. The van der Waals surface area contributed by atoms with Crippen molar-refractivity contribution >= 4 is 30.1 Å². The van der Waals surface area contributed by atoms with Crippen LogP contribution < -0.4 is 10.6 Å². The molecule has 0 saturated carbocycles. The van der Waals surface area contributed by atoms with Crippen molar-refractivity contribution in [1.82, 2.24) is 25.3 Å². The standard InChI is InChI=1S/C22H27N5O6/c28-12-33-19-15(26-7-5-25(6-8-26)11-13-9-23-10-13)2-1-14-18(19)22(32)27(21(14)31)16-3-4-17(29)24-20(16)30/h1-2,12-14,16,18,23H,3-11H2,(H,24,29,30). The molecule has 4 heterocycles. The highest BCUT2D eigenvalue weighted by molar-refractivity contribution is 6.12. The molecule has 1 aliphatic carbocycles. The number of carbonyl (C=O) groups is 5. The Balaban J connectivity index is 1.35. The molecule has 0 aromatic carbocycles. The van der Waals surface area contributed by atoms with Crippen molar-refractivity contribution in [2.45, 2.75) is 18.9 Å². The lowest BCUT2D eigenvalue weighted by Gasteiger charge is -2.41. The first kappa shape index (κ1) is 21.8. The van der Waals surface area contributed by atoms with Crippen LogP contribution in [0.2, 0.25) is 0 Å². The van der Waals surface area contributed by atoms with Crippen LogP contribution in [0.5, 0.6) is 0 Å². The highest BCUT2D eigenvalue weighted by Crippen LogP contribution is 2.41. The fourth-order valence-electron chi connectivity index (χ4n) is 5.32. The molecular formula is C22H27N5O6. The number of rotatable bonds is 6. The van der Waals surface area contributed by atoms with Crippen LogP contribution >= 0.6 is 0 Å². The predicted octanol–water partition coefficient (Wildman–Crippen LogP) is -1.82. The molecule has 2 N–H and O–H groups in total. The van der Waals surface area contributed by atoms with Crippen molar-refractivity contribution in [1.29, 1.82) is 0 Å². The average Bonchev–Trinajstić information content (AvgIpc) is 3.02. The van der Waals surface area contributed by atoms with Gasteiger partial charge in [-0.3, -0.25) is 39.1 Å². The highest BCUT2D eigenvalue weighted by atomic mass is 16.5. The molecule has 0 spiro atoms. The van der Waals surface area contributed by atoms with Gasteiger partial charge in [0.2, 0.25) is 23.6 Å². The van der Waals surface area contributed by atoms with Crippen molar-refractivity contribution in [2.24, 2.45) is 17.8 Å². The van der Waals surface area contributed by atoms with Crippen LogP contribution in [0.3, 0.4) is 0 Å². The zero-order valence-electron chi connectivity index (χ0n) is 18.2. The number of carbonyl (C=O) groups excluding carboxylic acids is 5. The number of piperidine rings is 1. The highest BCUT2D eigenvalue weighted by Gasteiger charge is 2.55. The molecule has 11 nitrogen and oxygen atoms in total. The van der Waals surface area contributed by atoms with Gasteiger partial charge in [-0.15, -0.1) is 0 Å². The minimum absolute atomic E-state index is 0.0542. The molecule has 33 heavy (non-hydrogen) atoms. The van der Waals surface area contributed by atoms with Gasteiger partial charge in [-0.1, -0.05) is 6.08 Å². The van der Waals surface area contributed by atoms with E-state index in [9.17, 15) is 24.0 Å². The first-order chi connectivity index (χ1) is 16.0. The topological polar surface area (TPSA) is 128 Å². The predicted molar refractivity (Wildman–Crippen MR) is 113 cm³/mol. The van der Waals surface area contributed by atoms with Gasteiger partial charge in [0, 0.05) is 52.2 Å². The molecule has 4 saturated heterocycles. The van der Waals surface area contributed by atoms with Crippen molar-refractivity contribution in [2.75, 3.05) is 45.8 Å². The van der Waals surface area contributed by atoms with E-state index in [1.165, 1.54) is 0 Å². The Morgan fingerprint density at radius 1 is 1.06 bits per heavy atom. The molecule has 4 amide bonds. The van der Waals surface area contributed by atoms with E-state index in [1.807, 2.05) is 0 Å². The number of fused-ring (bicyclic) bond motifs is 1. The van der Waals surface area contributed by atoms with Gasteiger partial charge >= 0.3 is 0 Å². The molecule has 4 aliphatic heterocycles. The maximum Gasteiger partial charge on any atom is 0.298 e. The van der Waals surface area contributed by atoms with E-state index in [-0.39, 0.29) is 25.1 Å². The quantitative estimate of drug-likeness (QED) is 0.350. The van der Waals surface area contributed by atoms with E-state index >= 15 is 0 Å². The third-order valence-corrected chi connectivity index (χ3v) is 7.17. The number of hydrogen-bond acceptors (Lipinski definition) is 9. The zero-order chi connectivity index (χ0) is 23.1. The normalized spacial score (nSPS) is 31.0. The minimum atomic E-state index is -1.04. The minimum Gasteiger partial charge on any atom is -0.430 e. The molecule has 0 aromatic rings. The number of allylic oxidation sites excluding steroid dienone is 1. The molecule has 3 unspecified atom stereocenters. The second-order valence-electron chi connectivity index (χ2n) is 9.15. The molecule has 176 valence electrons. The maximum absolute atomic E-state index is 13.3. The second-order valence-corrected chi connectivity index (χ2v) is 9.15. The monoisotopic (exact) mass is 457 g/mol. The van der Waals surface area contributed by atoms with E-state index in [0.717, 1.165) is 37.6 Å². The molecule has 4 fully saturated rings. The van der Waals surface area contributed by atoms with Gasteiger partial charge in [-0.25, -0.2) is 0 Å². The summed E-state index contributed by atoms with van der Waals surface area (Å²) in [5.41, 5.74) is 0.625. The van der Waals surface area contributed by atoms with E-state index in [4.69, 9.17) is 4.74 Å². The molecule has 11 heteroatoms. The molecule has 5 rings (SSSR count). The van der Waals surface area contributed by atoms with Crippen LogP contribution in [0.1, 0.15) is 12.8 Å². The number of ether oxygens (including phenoxy) is 1. The zero-order valence-corrected chi connectivity index (χ0v) is 18.2. The molecule has 5 aliphatic rings. The Labute approximate surface area is 190 Å². The lowest BCUT2D eigenvalue weighted by Crippen LogP contribution is -2.54. The summed E-state index contributed by atoms with van der Waals surface area (Å²) in [6.45, 7) is 6.55. The van der Waals surface area contributed by atoms with Gasteiger partial charge in [0.15, 0.2) is 0 Å². The Morgan fingerprint density at radius 2 is 1.82 bits per heavy atom. The fourth-order valence-corrected chi connectivity index (χ4v) is 5.32. The van der Waals surface area contributed by atoms with Gasteiger partial charge < -0.3 is 15.0 Å². The molecule has 0 aromatic heterocycles. The second kappa shape index (κ2) is 8.71. The van der Waals surface area contributed by atoms with Crippen molar-refractivity contribution in [3.63, 3.8) is 0 Å². The van der Waals surface area contributed by atoms with Crippen molar-refractivity contribution < 1.29 is 28.7 Å². The summed E-state index contributed by atoms with van der Waals surface area (Å²) < 4.78 is 5.31. The molecule has 0 radical (unpaired) electrons. The van der Waals surface area contributed by atoms with E-state index in [2.05, 4.69) is 20.4 Å². The summed E-state index contributed by atoms with van der Waals surface area (Å²) in [4.78, 5) is 67.0. The van der Waals surface area contributed by atoms with Crippen LogP contribution in [0.4, 0.5) is 0 Å². The largest absolute Gasteiger partial charge is 0.430 e. The Hall–Kier alpha value is -3.05. The summed E-state index contributed by atoms with van der Waals surface area (Å²) in [5, 5.41) is 5.48. The van der Waals surface area contributed by atoms with Crippen LogP contribution in [0.25, 0.3) is 0 Å². The number of imide groups is 2. The lowest BCUT2D eigenvalue weighted by atomic mass is 9.87. The van der Waals surface area contributed by atoms with E-state index in [1.54, 1.807) is 12.2 Å². The van der Waals surface area contributed by atoms with Gasteiger partial charge in [0.05, 0.1) is 11.6 Å². The Bertz CT molecular complexity index is 949. The van der Waals surface area contributed by atoms with Gasteiger partial charge in [-0.05, 0) is 18.4 Å². The summed E-state index contributed by atoms with van der Waals surface area (Å²) in [7, 11) is 0. The molecule has 3 atom stereocenters. The Kier molecular flexibility index (Phi) is 5.75. The fraction of sp³-hybridized carbons (Fsp3) is 0.591. The summed E-state index contributed by atoms with van der Waals surface area (Å²) in [5.74, 6) is -3.16. The molecule has 0 bridgehead atoms. The third kappa shape index (κ3) is 3.84. The average molecular weight is 457 g/mol. The smallest absolute Gasteiger partial charge is 0.298 e. The van der Waals surface area contributed by atoms with Crippen molar-refractivity contribution in [3.05, 3.63) is 23.6 Å². The van der Waals surface area contributed by atoms with Crippen molar-refractivity contribution in [3.8, 4) is 0 Å². The number of nitrogens with one attached hydrogen (secondary N) is 2. The summed E-state index contributed by atoms with van der Waals surface area (Å²) >= 11 is 0. The number of amides is 4.